The Morgan fingerprint density at radius 1 is 1.06 bits per heavy atom. The summed E-state index contributed by atoms with van der Waals surface area (Å²) in [4.78, 5) is 4.79. The van der Waals surface area contributed by atoms with Crippen LogP contribution in [0.25, 0.3) is 6.20 Å². The fraction of sp³-hybridized carbons (Fsp3) is 0.533. The Morgan fingerprint density at radius 2 is 1.61 bits per heavy atom. The van der Waals surface area contributed by atoms with Crippen LogP contribution in [0.4, 0.5) is 0 Å². The molecule has 0 aromatic carbocycles. The molecule has 1 aromatic rings. The number of thioether (sulfide) groups is 1. The molecule has 0 saturated heterocycles. The van der Waals surface area contributed by atoms with Crippen LogP contribution in [0.15, 0.2) is 23.7 Å². The lowest BCUT2D eigenvalue weighted by Crippen LogP contribution is -2.23. The highest BCUT2D eigenvalue weighted by Gasteiger charge is 2.31. The van der Waals surface area contributed by atoms with Crippen LogP contribution in [-0.2, 0) is 10.8 Å². The highest BCUT2D eigenvalue weighted by atomic mass is 32.2. The minimum atomic E-state index is 0.0212. The van der Waals surface area contributed by atoms with E-state index in [1.165, 1.54) is 17.5 Å². The van der Waals surface area contributed by atoms with Gasteiger partial charge < -0.3 is 0 Å². The van der Waals surface area contributed by atoms with Gasteiger partial charge in [0.2, 0.25) is 0 Å². The molecule has 100 valence electrons. The lowest BCUT2D eigenvalue weighted by atomic mass is 9.82. The van der Waals surface area contributed by atoms with Crippen molar-refractivity contribution in [2.24, 2.45) is 0 Å². The van der Waals surface area contributed by atoms with Crippen LogP contribution < -0.4 is 0 Å². The first-order valence-electron chi connectivity index (χ1n) is 6.16. The predicted octanol–water partition coefficient (Wildman–Crippen LogP) is 4.81. The van der Waals surface area contributed by atoms with Gasteiger partial charge in [-0.05, 0) is 5.41 Å². The third-order valence-corrected chi connectivity index (χ3v) is 3.34. The quantitative estimate of drug-likeness (QED) is 0.729. The highest BCUT2D eigenvalue weighted by Crippen LogP contribution is 2.36. The van der Waals surface area contributed by atoms with Gasteiger partial charge in [0.05, 0.1) is 11.4 Å². The SMILES string of the molecule is C=CSc1nc(C(C)(C)C)c(C(C)(C)C)n1C=C. The molecule has 0 fully saturated rings. The molecule has 0 amide bonds. The molecular weight excluding hydrogens is 240 g/mol. The maximum absolute atomic E-state index is 4.79. The van der Waals surface area contributed by atoms with Gasteiger partial charge in [0, 0.05) is 17.0 Å². The second kappa shape index (κ2) is 4.96. The van der Waals surface area contributed by atoms with Gasteiger partial charge in [-0.1, -0.05) is 66.5 Å². The van der Waals surface area contributed by atoms with Crippen LogP contribution in [-0.4, -0.2) is 9.55 Å². The summed E-state index contributed by atoms with van der Waals surface area (Å²) in [6, 6.07) is 0. The summed E-state index contributed by atoms with van der Waals surface area (Å²) in [5.74, 6) is 0. The van der Waals surface area contributed by atoms with Gasteiger partial charge in [-0.3, -0.25) is 4.57 Å². The molecule has 1 aromatic heterocycles. The Morgan fingerprint density at radius 3 is 1.94 bits per heavy atom. The zero-order valence-corrected chi connectivity index (χ0v) is 13.2. The summed E-state index contributed by atoms with van der Waals surface area (Å²) >= 11 is 1.54. The maximum atomic E-state index is 4.79. The van der Waals surface area contributed by atoms with Gasteiger partial charge in [-0.25, -0.2) is 4.98 Å². The van der Waals surface area contributed by atoms with E-state index in [9.17, 15) is 0 Å². The molecule has 0 radical (unpaired) electrons. The topological polar surface area (TPSA) is 17.8 Å². The molecule has 2 nitrogen and oxygen atoms in total. The van der Waals surface area contributed by atoms with Crippen molar-refractivity contribution in [1.82, 2.24) is 9.55 Å². The molecule has 0 aliphatic heterocycles. The molecule has 0 unspecified atom stereocenters. The van der Waals surface area contributed by atoms with Crippen LogP contribution in [0.3, 0.4) is 0 Å². The minimum Gasteiger partial charge on any atom is -0.298 e. The number of hydrogen-bond acceptors (Lipinski definition) is 2. The average molecular weight is 264 g/mol. The number of hydrogen-bond donors (Lipinski definition) is 0. The minimum absolute atomic E-state index is 0.0212. The van der Waals surface area contributed by atoms with E-state index in [0.29, 0.717) is 0 Å². The van der Waals surface area contributed by atoms with Gasteiger partial charge in [0.1, 0.15) is 0 Å². The van der Waals surface area contributed by atoms with E-state index in [0.717, 1.165) is 10.9 Å². The van der Waals surface area contributed by atoms with Crippen molar-refractivity contribution in [2.75, 3.05) is 0 Å². The van der Waals surface area contributed by atoms with Crippen molar-refractivity contribution < 1.29 is 0 Å². The summed E-state index contributed by atoms with van der Waals surface area (Å²) in [5, 5.41) is 2.75. The molecule has 0 aliphatic rings. The Kier molecular flexibility index (Phi) is 4.16. The van der Waals surface area contributed by atoms with E-state index in [4.69, 9.17) is 4.98 Å². The fourth-order valence-corrected chi connectivity index (χ4v) is 2.55. The summed E-state index contributed by atoms with van der Waals surface area (Å²) in [6.07, 6.45) is 1.84. The van der Waals surface area contributed by atoms with Crippen molar-refractivity contribution in [1.29, 1.82) is 0 Å². The van der Waals surface area contributed by atoms with Crippen LogP contribution in [0.1, 0.15) is 52.9 Å². The van der Waals surface area contributed by atoms with E-state index in [1.54, 1.807) is 5.41 Å². The van der Waals surface area contributed by atoms with Gasteiger partial charge in [-0.2, -0.15) is 0 Å². The van der Waals surface area contributed by atoms with E-state index >= 15 is 0 Å². The fourth-order valence-electron chi connectivity index (χ4n) is 1.98. The molecule has 0 atom stereocenters. The Labute approximate surface area is 115 Å². The lowest BCUT2D eigenvalue weighted by Gasteiger charge is -2.26. The average Bonchev–Trinajstić information content (AvgIpc) is 2.56. The van der Waals surface area contributed by atoms with Crippen molar-refractivity contribution in [3.8, 4) is 0 Å². The van der Waals surface area contributed by atoms with Gasteiger partial charge >= 0.3 is 0 Å². The number of aromatic nitrogens is 2. The zero-order chi connectivity index (χ0) is 14.1. The molecule has 3 heteroatoms. The molecule has 0 N–H and O–H groups in total. The van der Waals surface area contributed by atoms with Gasteiger partial charge in [0.15, 0.2) is 5.16 Å². The highest BCUT2D eigenvalue weighted by molar-refractivity contribution is 8.02. The summed E-state index contributed by atoms with van der Waals surface area (Å²) in [5.41, 5.74) is 2.42. The van der Waals surface area contributed by atoms with Crippen LogP contribution in [0.5, 0.6) is 0 Å². The molecule has 0 spiro atoms. The second-order valence-corrected chi connectivity index (χ2v) is 7.36. The smallest absolute Gasteiger partial charge is 0.176 e. The molecule has 0 aliphatic carbocycles. The third kappa shape index (κ3) is 2.89. The zero-order valence-electron chi connectivity index (χ0n) is 12.4. The first kappa shape index (κ1) is 15.1. The molecule has 18 heavy (non-hydrogen) atoms. The lowest BCUT2D eigenvalue weighted by molar-refractivity contribution is 0.505. The molecular formula is C15H24N2S. The normalized spacial score (nSPS) is 12.6. The van der Waals surface area contributed by atoms with Crippen molar-refractivity contribution in [2.45, 2.75) is 57.5 Å². The largest absolute Gasteiger partial charge is 0.298 e. The molecule has 1 heterocycles. The van der Waals surface area contributed by atoms with Crippen molar-refractivity contribution >= 4 is 18.0 Å². The summed E-state index contributed by atoms with van der Waals surface area (Å²) in [7, 11) is 0. The van der Waals surface area contributed by atoms with E-state index in [2.05, 4.69) is 59.3 Å². The molecule has 0 saturated carbocycles. The first-order valence-corrected chi connectivity index (χ1v) is 7.04. The van der Waals surface area contributed by atoms with Crippen LogP contribution in [0, 0.1) is 0 Å². The number of nitrogens with zero attached hydrogens (tertiary/aromatic N) is 2. The van der Waals surface area contributed by atoms with Crippen molar-refractivity contribution in [3.05, 3.63) is 30.0 Å². The molecule has 1 rings (SSSR count). The second-order valence-electron chi connectivity index (χ2n) is 6.43. The van der Waals surface area contributed by atoms with E-state index in [-0.39, 0.29) is 10.8 Å². The Balaban J connectivity index is 3.61. The van der Waals surface area contributed by atoms with Gasteiger partial charge in [-0.15, -0.1) is 0 Å². The van der Waals surface area contributed by atoms with Crippen molar-refractivity contribution in [3.63, 3.8) is 0 Å². The van der Waals surface area contributed by atoms with Crippen LogP contribution in [0.2, 0.25) is 0 Å². The van der Waals surface area contributed by atoms with E-state index in [1.807, 2.05) is 6.20 Å². The molecule has 0 bridgehead atoms. The number of rotatable bonds is 3. The van der Waals surface area contributed by atoms with E-state index < -0.39 is 0 Å². The monoisotopic (exact) mass is 264 g/mol. The van der Waals surface area contributed by atoms with Gasteiger partial charge in [0.25, 0.3) is 0 Å². The maximum Gasteiger partial charge on any atom is 0.176 e. The summed E-state index contributed by atoms with van der Waals surface area (Å²) < 4.78 is 2.09. The first-order chi connectivity index (χ1) is 8.12. The predicted molar refractivity (Wildman–Crippen MR) is 82.1 cm³/mol. The number of imidazole rings is 1. The Bertz CT molecular complexity index is 456. The Hall–Kier alpha value is -0.960. The van der Waals surface area contributed by atoms with Crippen LogP contribution >= 0.6 is 11.8 Å². The third-order valence-electron chi connectivity index (χ3n) is 2.67. The standard InChI is InChI=1S/C15H24N2S/c1-9-17-12(15(6,7)8)11(14(3,4)5)16-13(17)18-10-2/h9-10H,1-2H2,3-8H3. The summed E-state index contributed by atoms with van der Waals surface area (Å²) in [6.45, 7) is 20.9.